The molecule has 3 N–H and O–H groups in total. The number of unbranched alkanes of at least 4 members (excludes halogenated alkanes) is 1. The lowest BCUT2D eigenvalue weighted by Gasteiger charge is -2.32. The zero-order valence-electron chi connectivity index (χ0n) is 16.8. The molecular weight excluding hydrogens is 400 g/mol. The molecule has 158 valence electrons. The van der Waals surface area contributed by atoms with Crippen molar-refractivity contribution >= 4 is 43.4 Å². The zero-order chi connectivity index (χ0) is 19.3. The molecule has 0 aliphatic heterocycles. The van der Waals surface area contributed by atoms with Crippen LogP contribution in [0.3, 0.4) is 0 Å². The smallest absolute Gasteiger partial charge is 0.0536 e. The minimum atomic E-state index is -1.22. The SMILES string of the molecule is CCCC[Si](CCCSCCO)(CCCSCCO)CCCSCCO. The van der Waals surface area contributed by atoms with Crippen LogP contribution in [0.2, 0.25) is 24.2 Å². The predicted molar refractivity (Wildman–Crippen MR) is 127 cm³/mol. The Morgan fingerprint density at radius 2 is 0.885 bits per heavy atom. The Morgan fingerprint density at radius 3 is 1.19 bits per heavy atom. The second-order valence-electron chi connectivity index (χ2n) is 6.92. The number of aliphatic hydroxyl groups excluding tert-OH is 3. The normalized spacial score (nSPS) is 12.0. The third kappa shape index (κ3) is 16.1. The van der Waals surface area contributed by atoms with Gasteiger partial charge in [-0.25, -0.2) is 0 Å². The molecule has 7 heteroatoms. The number of hydrogen-bond donors (Lipinski definition) is 3. The molecule has 26 heavy (non-hydrogen) atoms. The summed E-state index contributed by atoms with van der Waals surface area (Å²) >= 11 is 5.69. The van der Waals surface area contributed by atoms with Crippen LogP contribution in [-0.4, -0.2) is 77.7 Å². The van der Waals surface area contributed by atoms with Crippen LogP contribution in [0.4, 0.5) is 0 Å². The number of hydrogen-bond acceptors (Lipinski definition) is 6. The van der Waals surface area contributed by atoms with Gasteiger partial charge in [0.25, 0.3) is 0 Å². The molecule has 0 atom stereocenters. The summed E-state index contributed by atoms with van der Waals surface area (Å²) in [5.74, 6) is 6.21. The first-order valence-electron chi connectivity index (χ1n) is 10.3. The Morgan fingerprint density at radius 1 is 0.538 bits per heavy atom. The fraction of sp³-hybridized carbons (Fsp3) is 1.00. The summed E-state index contributed by atoms with van der Waals surface area (Å²) in [5, 5.41) is 26.9. The molecule has 0 radical (unpaired) electrons. The molecule has 3 nitrogen and oxygen atoms in total. The Hall–Kier alpha value is 1.15. The van der Waals surface area contributed by atoms with Gasteiger partial charge in [0.1, 0.15) is 0 Å². The molecule has 0 heterocycles. The van der Waals surface area contributed by atoms with Gasteiger partial charge >= 0.3 is 0 Å². The Labute approximate surface area is 175 Å². The van der Waals surface area contributed by atoms with E-state index in [-0.39, 0.29) is 0 Å². The molecule has 0 spiro atoms. The van der Waals surface area contributed by atoms with Crippen molar-refractivity contribution in [2.45, 2.75) is 63.2 Å². The number of rotatable bonds is 21. The van der Waals surface area contributed by atoms with E-state index in [0.717, 1.165) is 17.3 Å². The van der Waals surface area contributed by atoms with Crippen LogP contribution in [0, 0.1) is 0 Å². The van der Waals surface area contributed by atoms with Crippen molar-refractivity contribution in [1.29, 1.82) is 0 Å². The third-order valence-corrected chi connectivity index (χ3v) is 13.6. The second-order valence-corrected chi connectivity index (χ2v) is 15.6. The van der Waals surface area contributed by atoms with E-state index in [2.05, 4.69) is 6.92 Å². The number of thioether (sulfide) groups is 3. The fourth-order valence-corrected chi connectivity index (χ4v) is 11.6. The third-order valence-electron chi connectivity index (χ3n) is 4.75. The average Bonchev–Trinajstić information content (AvgIpc) is 2.65. The highest BCUT2D eigenvalue weighted by Gasteiger charge is 2.30. The highest BCUT2D eigenvalue weighted by Crippen LogP contribution is 2.34. The lowest BCUT2D eigenvalue weighted by molar-refractivity contribution is 0.322. The summed E-state index contributed by atoms with van der Waals surface area (Å²) in [4.78, 5) is 0. The lowest BCUT2D eigenvalue weighted by atomic mass is 10.4. The average molecular weight is 443 g/mol. The van der Waals surface area contributed by atoms with Crippen molar-refractivity contribution < 1.29 is 15.3 Å². The summed E-state index contributed by atoms with van der Waals surface area (Å²) < 4.78 is 0. The van der Waals surface area contributed by atoms with Crippen LogP contribution in [0.1, 0.15) is 39.0 Å². The van der Waals surface area contributed by atoms with Crippen molar-refractivity contribution in [2.75, 3.05) is 54.3 Å². The fourth-order valence-electron chi connectivity index (χ4n) is 3.45. The molecule has 0 amide bonds. The quantitative estimate of drug-likeness (QED) is 0.179. The van der Waals surface area contributed by atoms with Gasteiger partial charge in [-0.3, -0.25) is 0 Å². The summed E-state index contributed by atoms with van der Waals surface area (Å²) in [5.41, 5.74) is 0. The van der Waals surface area contributed by atoms with E-state index in [1.165, 1.54) is 73.5 Å². The van der Waals surface area contributed by atoms with Gasteiger partial charge in [0.15, 0.2) is 0 Å². The first kappa shape index (κ1) is 27.1. The molecule has 0 bridgehead atoms. The molecular formula is C19H42O3S3Si. The summed E-state index contributed by atoms with van der Waals surface area (Å²) in [7, 11) is -1.22. The molecule has 0 saturated carbocycles. The van der Waals surface area contributed by atoms with Crippen LogP contribution < -0.4 is 0 Å². The molecule has 0 rings (SSSR count). The predicted octanol–water partition coefficient (Wildman–Crippen LogP) is 4.58. The maximum atomic E-state index is 8.96. The minimum Gasteiger partial charge on any atom is -0.396 e. The van der Waals surface area contributed by atoms with Gasteiger partial charge in [-0.15, -0.1) is 0 Å². The second kappa shape index (κ2) is 20.9. The number of aliphatic hydroxyl groups is 3. The van der Waals surface area contributed by atoms with E-state index >= 15 is 0 Å². The maximum absolute atomic E-state index is 8.96. The van der Waals surface area contributed by atoms with E-state index < -0.39 is 8.07 Å². The van der Waals surface area contributed by atoms with Crippen LogP contribution in [0.25, 0.3) is 0 Å². The summed E-state index contributed by atoms with van der Waals surface area (Å²) in [6.45, 7) is 3.21. The van der Waals surface area contributed by atoms with E-state index in [0.29, 0.717) is 19.8 Å². The van der Waals surface area contributed by atoms with Gasteiger partial charge in [-0.2, -0.15) is 35.3 Å². The Bertz CT molecular complexity index is 251. The van der Waals surface area contributed by atoms with Crippen molar-refractivity contribution in [1.82, 2.24) is 0 Å². The van der Waals surface area contributed by atoms with E-state index in [9.17, 15) is 0 Å². The van der Waals surface area contributed by atoms with E-state index in [1.807, 2.05) is 35.3 Å². The summed E-state index contributed by atoms with van der Waals surface area (Å²) in [6, 6.07) is 5.81. The topological polar surface area (TPSA) is 60.7 Å². The van der Waals surface area contributed by atoms with Gasteiger partial charge < -0.3 is 15.3 Å². The lowest BCUT2D eigenvalue weighted by Crippen LogP contribution is -2.34. The molecule has 0 aromatic heterocycles. The van der Waals surface area contributed by atoms with Crippen LogP contribution >= 0.6 is 35.3 Å². The van der Waals surface area contributed by atoms with Crippen molar-refractivity contribution in [3.05, 3.63) is 0 Å². The molecule has 0 aromatic rings. The van der Waals surface area contributed by atoms with Gasteiger partial charge in [0.05, 0.1) is 27.9 Å². The minimum absolute atomic E-state index is 0.299. The largest absolute Gasteiger partial charge is 0.396 e. The molecule has 0 aliphatic rings. The zero-order valence-corrected chi connectivity index (χ0v) is 20.2. The standard InChI is InChI=1S/C19H42O3S3Si/c1-2-3-16-26(17-4-10-23-13-7-20,18-5-11-24-14-8-21)19-6-12-25-15-9-22/h20-22H,2-19H2,1H3. The van der Waals surface area contributed by atoms with Gasteiger partial charge in [-0.1, -0.05) is 43.9 Å². The first-order chi connectivity index (χ1) is 12.7. The molecule has 0 fully saturated rings. The first-order valence-corrected chi connectivity index (χ1v) is 16.6. The van der Waals surface area contributed by atoms with Gasteiger partial charge in [-0.05, 0) is 36.5 Å². The molecule has 0 saturated heterocycles. The highest BCUT2D eigenvalue weighted by molar-refractivity contribution is 7.99. The molecule has 0 unspecified atom stereocenters. The Kier molecular flexibility index (Phi) is 21.8. The monoisotopic (exact) mass is 442 g/mol. The van der Waals surface area contributed by atoms with Crippen LogP contribution in [0.15, 0.2) is 0 Å². The van der Waals surface area contributed by atoms with Crippen LogP contribution in [-0.2, 0) is 0 Å². The van der Waals surface area contributed by atoms with Crippen molar-refractivity contribution in [3.8, 4) is 0 Å². The van der Waals surface area contributed by atoms with Crippen LogP contribution in [0.5, 0.6) is 0 Å². The van der Waals surface area contributed by atoms with Crippen molar-refractivity contribution in [2.24, 2.45) is 0 Å². The van der Waals surface area contributed by atoms with Gasteiger partial charge in [0, 0.05) is 17.3 Å². The Balaban J connectivity index is 4.52. The van der Waals surface area contributed by atoms with Crippen molar-refractivity contribution in [3.63, 3.8) is 0 Å². The highest BCUT2D eigenvalue weighted by atomic mass is 32.2. The van der Waals surface area contributed by atoms with E-state index in [4.69, 9.17) is 15.3 Å². The maximum Gasteiger partial charge on any atom is 0.0536 e. The molecule has 0 aliphatic carbocycles. The van der Waals surface area contributed by atoms with Gasteiger partial charge in [0.2, 0.25) is 0 Å². The van der Waals surface area contributed by atoms with E-state index in [1.54, 1.807) is 0 Å². The summed E-state index contributed by atoms with van der Waals surface area (Å²) in [6.07, 6.45) is 6.62. The molecule has 0 aromatic carbocycles.